The lowest BCUT2D eigenvalue weighted by Gasteiger charge is -2.08. The van der Waals surface area contributed by atoms with E-state index in [0.29, 0.717) is 12.5 Å². The van der Waals surface area contributed by atoms with Gasteiger partial charge in [-0.05, 0) is 19.1 Å². The highest BCUT2D eigenvalue weighted by molar-refractivity contribution is 5.90. The first-order valence-electron chi connectivity index (χ1n) is 6.24. The van der Waals surface area contributed by atoms with Gasteiger partial charge in [-0.2, -0.15) is 13.2 Å². The SMILES string of the molecule is CCn1ccnc1NC(=O)Cc1cccc(C(F)(F)F)n1. The Kier molecular flexibility index (Phi) is 4.25. The number of anilines is 1. The molecule has 1 N–H and O–H groups in total. The number of hydrogen-bond donors (Lipinski definition) is 1. The highest BCUT2D eigenvalue weighted by Crippen LogP contribution is 2.27. The summed E-state index contributed by atoms with van der Waals surface area (Å²) in [6, 6.07) is 3.47. The van der Waals surface area contributed by atoms with Crippen molar-refractivity contribution in [2.75, 3.05) is 5.32 Å². The molecular formula is C13H13F3N4O. The number of nitrogens with one attached hydrogen (secondary N) is 1. The van der Waals surface area contributed by atoms with E-state index in [1.165, 1.54) is 18.3 Å². The van der Waals surface area contributed by atoms with Crippen LogP contribution in [0.1, 0.15) is 18.3 Å². The lowest BCUT2D eigenvalue weighted by atomic mass is 10.2. The number of imidazole rings is 1. The van der Waals surface area contributed by atoms with Crippen molar-refractivity contribution in [2.24, 2.45) is 0 Å². The number of pyridine rings is 1. The first-order valence-corrected chi connectivity index (χ1v) is 6.24. The second-order valence-corrected chi connectivity index (χ2v) is 4.27. The molecule has 112 valence electrons. The summed E-state index contributed by atoms with van der Waals surface area (Å²) in [7, 11) is 0. The summed E-state index contributed by atoms with van der Waals surface area (Å²) in [5.41, 5.74) is -0.959. The number of amides is 1. The Morgan fingerprint density at radius 2 is 2.14 bits per heavy atom. The molecular weight excluding hydrogens is 285 g/mol. The van der Waals surface area contributed by atoms with Crippen molar-refractivity contribution >= 4 is 11.9 Å². The molecule has 0 atom stereocenters. The first-order chi connectivity index (χ1) is 9.90. The number of aryl methyl sites for hydroxylation is 1. The highest BCUT2D eigenvalue weighted by Gasteiger charge is 2.32. The molecule has 0 aliphatic carbocycles. The Hall–Kier alpha value is -2.38. The first kappa shape index (κ1) is 15.0. The topological polar surface area (TPSA) is 59.8 Å². The lowest BCUT2D eigenvalue weighted by molar-refractivity contribution is -0.141. The summed E-state index contributed by atoms with van der Waals surface area (Å²) in [5, 5.41) is 2.54. The Morgan fingerprint density at radius 3 is 2.81 bits per heavy atom. The van der Waals surface area contributed by atoms with Gasteiger partial charge in [-0.25, -0.2) is 9.97 Å². The molecule has 0 radical (unpaired) electrons. The number of halogens is 3. The van der Waals surface area contributed by atoms with E-state index in [0.717, 1.165) is 6.07 Å². The maximum atomic E-state index is 12.5. The minimum Gasteiger partial charge on any atom is -0.317 e. The Morgan fingerprint density at radius 1 is 1.38 bits per heavy atom. The van der Waals surface area contributed by atoms with Crippen LogP contribution < -0.4 is 5.32 Å². The molecule has 2 rings (SSSR count). The zero-order chi connectivity index (χ0) is 15.5. The fraction of sp³-hybridized carbons (Fsp3) is 0.308. The van der Waals surface area contributed by atoms with Crippen LogP contribution in [0.15, 0.2) is 30.6 Å². The maximum Gasteiger partial charge on any atom is 0.433 e. The molecule has 8 heteroatoms. The van der Waals surface area contributed by atoms with Crippen molar-refractivity contribution in [1.29, 1.82) is 0 Å². The number of carbonyl (C=O) groups is 1. The van der Waals surface area contributed by atoms with E-state index in [9.17, 15) is 18.0 Å². The number of carbonyl (C=O) groups excluding carboxylic acids is 1. The molecule has 0 aliphatic rings. The highest BCUT2D eigenvalue weighted by atomic mass is 19.4. The predicted octanol–water partition coefficient (Wildman–Crippen LogP) is 2.50. The average Bonchev–Trinajstić information content (AvgIpc) is 2.85. The van der Waals surface area contributed by atoms with Crippen molar-refractivity contribution in [3.8, 4) is 0 Å². The molecule has 1 amide bonds. The van der Waals surface area contributed by atoms with Gasteiger partial charge in [0.25, 0.3) is 0 Å². The van der Waals surface area contributed by atoms with Gasteiger partial charge in [0, 0.05) is 18.9 Å². The zero-order valence-electron chi connectivity index (χ0n) is 11.2. The van der Waals surface area contributed by atoms with Gasteiger partial charge < -0.3 is 4.57 Å². The molecule has 0 saturated heterocycles. The molecule has 5 nitrogen and oxygen atoms in total. The molecule has 0 saturated carbocycles. The van der Waals surface area contributed by atoms with E-state index in [2.05, 4.69) is 15.3 Å². The van der Waals surface area contributed by atoms with E-state index in [1.54, 1.807) is 10.8 Å². The molecule has 21 heavy (non-hydrogen) atoms. The summed E-state index contributed by atoms with van der Waals surface area (Å²) in [6.07, 6.45) is -1.55. The Labute approximate surface area is 118 Å². The molecule has 0 fully saturated rings. The van der Waals surface area contributed by atoms with Crippen molar-refractivity contribution < 1.29 is 18.0 Å². The van der Waals surface area contributed by atoms with E-state index in [1.807, 2.05) is 6.92 Å². The van der Waals surface area contributed by atoms with Gasteiger partial charge in [0.2, 0.25) is 11.9 Å². The zero-order valence-corrected chi connectivity index (χ0v) is 11.2. The van der Waals surface area contributed by atoms with E-state index < -0.39 is 17.8 Å². The van der Waals surface area contributed by atoms with Crippen molar-refractivity contribution in [3.63, 3.8) is 0 Å². The summed E-state index contributed by atoms with van der Waals surface area (Å²) in [4.78, 5) is 19.2. The van der Waals surface area contributed by atoms with Crippen LogP contribution >= 0.6 is 0 Å². The largest absolute Gasteiger partial charge is 0.433 e. The summed E-state index contributed by atoms with van der Waals surface area (Å²) >= 11 is 0. The third-order valence-corrected chi connectivity index (χ3v) is 2.75. The summed E-state index contributed by atoms with van der Waals surface area (Å²) in [6.45, 7) is 2.50. The van der Waals surface area contributed by atoms with Gasteiger partial charge in [0.05, 0.1) is 12.1 Å². The van der Waals surface area contributed by atoms with Crippen LogP contribution in [0.4, 0.5) is 19.1 Å². The van der Waals surface area contributed by atoms with Crippen LogP contribution in [0.2, 0.25) is 0 Å². The third-order valence-electron chi connectivity index (χ3n) is 2.75. The number of alkyl halides is 3. The number of aromatic nitrogens is 3. The van der Waals surface area contributed by atoms with Crippen LogP contribution in [-0.4, -0.2) is 20.4 Å². The summed E-state index contributed by atoms with van der Waals surface area (Å²) in [5.74, 6) is -0.114. The monoisotopic (exact) mass is 298 g/mol. The Balaban J connectivity index is 2.06. The van der Waals surface area contributed by atoms with Crippen LogP contribution in [0.25, 0.3) is 0 Å². The van der Waals surface area contributed by atoms with Crippen LogP contribution in [0.5, 0.6) is 0 Å². The van der Waals surface area contributed by atoms with Crippen molar-refractivity contribution in [1.82, 2.24) is 14.5 Å². The molecule has 0 bridgehead atoms. The van der Waals surface area contributed by atoms with Gasteiger partial charge in [-0.3, -0.25) is 10.1 Å². The number of nitrogens with zero attached hydrogens (tertiary/aromatic N) is 3. The molecule has 0 aromatic carbocycles. The number of rotatable bonds is 4. The normalized spacial score (nSPS) is 11.4. The van der Waals surface area contributed by atoms with Crippen LogP contribution in [0, 0.1) is 0 Å². The lowest BCUT2D eigenvalue weighted by Crippen LogP contribution is -2.19. The summed E-state index contributed by atoms with van der Waals surface area (Å²) < 4.78 is 39.3. The van der Waals surface area contributed by atoms with Gasteiger partial charge in [-0.15, -0.1) is 0 Å². The van der Waals surface area contributed by atoms with E-state index in [4.69, 9.17) is 0 Å². The molecule has 0 aliphatic heterocycles. The quantitative estimate of drug-likeness (QED) is 0.943. The second kappa shape index (κ2) is 5.94. The number of hydrogen-bond acceptors (Lipinski definition) is 3. The third kappa shape index (κ3) is 3.80. The van der Waals surface area contributed by atoms with Gasteiger partial charge in [0.15, 0.2) is 0 Å². The van der Waals surface area contributed by atoms with Gasteiger partial charge in [-0.1, -0.05) is 6.07 Å². The van der Waals surface area contributed by atoms with Crippen LogP contribution in [-0.2, 0) is 23.9 Å². The molecule has 0 unspecified atom stereocenters. The minimum atomic E-state index is -4.52. The maximum absolute atomic E-state index is 12.5. The van der Waals surface area contributed by atoms with E-state index in [-0.39, 0.29) is 12.1 Å². The predicted molar refractivity (Wildman–Crippen MR) is 69.5 cm³/mol. The second-order valence-electron chi connectivity index (χ2n) is 4.27. The van der Waals surface area contributed by atoms with Crippen molar-refractivity contribution in [2.45, 2.75) is 26.1 Å². The smallest absolute Gasteiger partial charge is 0.317 e. The standard InChI is InChI=1S/C13H13F3N4O/c1-2-20-7-6-17-12(20)19-11(21)8-9-4-3-5-10(18-9)13(14,15)16/h3-7H,2,8H2,1H3,(H,17,19,21). The molecule has 2 aromatic heterocycles. The van der Waals surface area contributed by atoms with Crippen molar-refractivity contribution in [3.05, 3.63) is 42.0 Å². The van der Waals surface area contributed by atoms with Crippen LogP contribution in [0.3, 0.4) is 0 Å². The van der Waals surface area contributed by atoms with E-state index >= 15 is 0 Å². The minimum absolute atomic E-state index is 0.0527. The molecule has 2 heterocycles. The Bertz CT molecular complexity index is 636. The fourth-order valence-electron chi connectivity index (χ4n) is 1.76. The fourth-order valence-corrected chi connectivity index (χ4v) is 1.76. The van der Waals surface area contributed by atoms with Gasteiger partial charge >= 0.3 is 6.18 Å². The molecule has 2 aromatic rings. The molecule has 0 spiro atoms. The van der Waals surface area contributed by atoms with Gasteiger partial charge in [0.1, 0.15) is 5.69 Å². The average molecular weight is 298 g/mol.